The van der Waals surface area contributed by atoms with E-state index in [-0.39, 0.29) is 6.61 Å². The van der Waals surface area contributed by atoms with Crippen molar-refractivity contribution in [3.63, 3.8) is 0 Å². The summed E-state index contributed by atoms with van der Waals surface area (Å²) in [6, 6.07) is 19.6. The van der Waals surface area contributed by atoms with Crippen LogP contribution in [-0.2, 0) is 13.0 Å². The molecule has 0 atom stereocenters. The van der Waals surface area contributed by atoms with Crippen LogP contribution in [0.1, 0.15) is 16.7 Å². The lowest BCUT2D eigenvalue weighted by Crippen LogP contribution is -2.01. The van der Waals surface area contributed by atoms with Gasteiger partial charge in [-0.15, -0.1) is 0 Å². The third-order valence-electron chi connectivity index (χ3n) is 4.60. The van der Waals surface area contributed by atoms with Crippen LogP contribution in [0.4, 0.5) is 11.4 Å². The monoisotopic (exact) mass is 379 g/mol. The normalized spacial score (nSPS) is 10.4. The fraction of sp³-hybridized carbons (Fsp3) is 0.217. The summed E-state index contributed by atoms with van der Waals surface area (Å²) < 4.78 is 16.0. The van der Waals surface area contributed by atoms with E-state index >= 15 is 0 Å². The van der Waals surface area contributed by atoms with Gasteiger partial charge in [-0.25, -0.2) is 0 Å². The van der Waals surface area contributed by atoms with Crippen LogP contribution in [0.5, 0.6) is 17.2 Å². The van der Waals surface area contributed by atoms with E-state index in [4.69, 9.17) is 14.2 Å². The molecule has 2 N–H and O–H groups in total. The van der Waals surface area contributed by atoms with E-state index in [1.807, 2.05) is 54.6 Å². The molecular weight excluding hydrogens is 354 g/mol. The van der Waals surface area contributed by atoms with Crippen molar-refractivity contribution >= 4 is 11.4 Å². The number of methoxy groups -OCH3 is 3. The molecule has 0 fully saturated rings. The highest BCUT2D eigenvalue weighted by molar-refractivity contribution is 5.69. The second kappa shape index (κ2) is 9.15. The first-order valence-corrected chi connectivity index (χ1v) is 9.01. The minimum Gasteiger partial charge on any atom is -0.497 e. The SMILES string of the molecule is COc1cccc(Cc2ccc(OC)cc2Nc2ccc(OC)cc2CO)c1. The van der Waals surface area contributed by atoms with E-state index in [0.29, 0.717) is 5.75 Å². The van der Waals surface area contributed by atoms with E-state index in [9.17, 15) is 5.11 Å². The standard InChI is InChI=1S/C23H25NO4/c1-26-19-6-4-5-16(12-19)11-17-7-8-21(28-3)14-23(17)24-22-10-9-20(27-2)13-18(22)15-25/h4-10,12-14,24-25H,11,15H2,1-3H3. The molecule has 0 aromatic heterocycles. The number of hydrogen-bond acceptors (Lipinski definition) is 5. The number of anilines is 2. The Morgan fingerprint density at radius 1 is 0.714 bits per heavy atom. The molecule has 5 nitrogen and oxygen atoms in total. The lowest BCUT2D eigenvalue weighted by Gasteiger charge is -2.17. The number of rotatable bonds is 8. The molecule has 0 unspecified atom stereocenters. The van der Waals surface area contributed by atoms with Crippen molar-refractivity contribution in [3.8, 4) is 17.2 Å². The van der Waals surface area contributed by atoms with E-state index in [0.717, 1.165) is 46.0 Å². The zero-order valence-corrected chi connectivity index (χ0v) is 16.4. The summed E-state index contributed by atoms with van der Waals surface area (Å²) >= 11 is 0. The van der Waals surface area contributed by atoms with E-state index in [2.05, 4.69) is 11.4 Å². The summed E-state index contributed by atoms with van der Waals surface area (Å²) in [5.74, 6) is 2.30. The summed E-state index contributed by atoms with van der Waals surface area (Å²) in [4.78, 5) is 0. The van der Waals surface area contributed by atoms with Crippen LogP contribution < -0.4 is 19.5 Å². The Hall–Kier alpha value is -3.18. The predicted molar refractivity (Wildman–Crippen MR) is 111 cm³/mol. The molecule has 0 saturated heterocycles. The molecule has 3 rings (SSSR count). The van der Waals surface area contributed by atoms with Gasteiger partial charge in [0.05, 0.1) is 27.9 Å². The molecule has 0 aliphatic heterocycles. The third-order valence-corrected chi connectivity index (χ3v) is 4.60. The zero-order chi connectivity index (χ0) is 19.9. The first-order valence-electron chi connectivity index (χ1n) is 9.01. The van der Waals surface area contributed by atoms with Crippen molar-refractivity contribution in [2.45, 2.75) is 13.0 Å². The van der Waals surface area contributed by atoms with Crippen LogP contribution in [0.2, 0.25) is 0 Å². The molecule has 0 saturated carbocycles. The Bertz CT molecular complexity index is 940. The summed E-state index contributed by atoms with van der Waals surface area (Å²) in [5.41, 5.74) is 4.75. The molecule has 0 bridgehead atoms. The van der Waals surface area contributed by atoms with Crippen molar-refractivity contribution in [2.24, 2.45) is 0 Å². The molecule has 146 valence electrons. The smallest absolute Gasteiger partial charge is 0.120 e. The van der Waals surface area contributed by atoms with Crippen molar-refractivity contribution in [1.29, 1.82) is 0 Å². The molecule has 0 radical (unpaired) electrons. The minimum absolute atomic E-state index is 0.0886. The molecular formula is C23H25NO4. The quantitative estimate of drug-likeness (QED) is 0.602. The van der Waals surface area contributed by atoms with Gasteiger partial charge in [-0.05, 0) is 53.9 Å². The van der Waals surface area contributed by atoms with Gasteiger partial charge >= 0.3 is 0 Å². The maximum absolute atomic E-state index is 9.75. The van der Waals surface area contributed by atoms with Crippen molar-refractivity contribution < 1.29 is 19.3 Å². The van der Waals surface area contributed by atoms with E-state index < -0.39 is 0 Å². The number of hydrogen-bond donors (Lipinski definition) is 2. The van der Waals surface area contributed by atoms with Gasteiger partial charge in [0.25, 0.3) is 0 Å². The van der Waals surface area contributed by atoms with Gasteiger partial charge < -0.3 is 24.6 Å². The average Bonchev–Trinajstić information content (AvgIpc) is 2.75. The van der Waals surface area contributed by atoms with Gasteiger partial charge in [0.2, 0.25) is 0 Å². The third kappa shape index (κ3) is 4.56. The second-order valence-electron chi connectivity index (χ2n) is 6.36. The first-order chi connectivity index (χ1) is 13.7. The molecule has 0 aliphatic rings. The van der Waals surface area contributed by atoms with Gasteiger partial charge in [-0.1, -0.05) is 18.2 Å². The Labute approximate surface area is 165 Å². The number of nitrogens with one attached hydrogen (secondary N) is 1. The van der Waals surface area contributed by atoms with Crippen LogP contribution in [-0.4, -0.2) is 26.4 Å². The van der Waals surface area contributed by atoms with Crippen LogP contribution in [0.3, 0.4) is 0 Å². The maximum Gasteiger partial charge on any atom is 0.120 e. The highest BCUT2D eigenvalue weighted by Crippen LogP contribution is 2.31. The Kier molecular flexibility index (Phi) is 6.40. The lowest BCUT2D eigenvalue weighted by atomic mass is 10.0. The summed E-state index contributed by atoms with van der Waals surface area (Å²) in [5, 5.41) is 13.2. The Morgan fingerprint density at radius 3 is 2.11 bits per heavy atom. The summed E-state index contributed by atoms with van der Waals surface area (Å²) in [7, 11) is 4.92. The average molecular weight is 379 g/mol. The summed E-state index contributed by atoms with van der Waals surface area (Å²) in [6.07, 6.45) is 0.730. The fourth-order valence-electron chi connectivity index (χ4n) is 3.05. The Balaban J connectivity index is 1.95. The van der Waals surface area contributed by atoms with Crippen LogP contribution in [0, 0.1) is 0 Å². The molecule has 0 amide bonds. The first kappa shape index (κ1) is 19.6. The van der Waals surface area contributed by atoms with Crippen LogP contribution in [0.15, 0.2) is 60.7 Å². The molecule has 5 heteroatoms. The van der Waals surface area contributed by atoms with Gasteiger partial charge in [0.1, 0.15) is 17.2 Å². The van der Waals surface area contributed by atoms with Crippen LogP contribution in [0.25, 0.3) is 0 Å². The summed E-state index contributed by atoms with van der Waals surface area (Å²) in [6.45, 7) is -0.0886. The van der Waals surface area contributed by atoms with Crippen molar-refractivity contribution in [1.82, 2.24) is 0 Å². The largest absolute Gasteiger partial charge is 0.497 e. The predicted octanol–water partition coefficient (Wildman–Crippen LogP) is 4.54. The fourth-order valence-corrected chi connectivity index (χ4v) is 3.05. The molecule has 3 aromatic rings. The number of benzene rings is 3. The molecule has 0 heterocycles. The molecule has 0 aliphatic carbocycles. The van der Waals surface area contributed by atoms with Crippen LogP contribution >= 0.6 is 0 Å². The second-order valence-corrected chi connectivity index (χ2v) is 6.36. The Morgan fingerprint density at radius 2 is 1.39 bits per heavy atom. The van der Waals surface area contributed by atoms with Gasteiger partial charge in [-0.3, -0.25) is 0 Å². The molecule has 3 aromatic carbocycles. The highest BCUT2D eigenvalue weighted by atomic mass is 16.5. The lowest BCUT2D eigenvalue weighted by molar-refractivity contribution is 0.281. The number of aliphatic hydroxyl groups is 1. The molecule has 28 heavy (non-hydrogen) atoms. The zero-order valence-electron chi connectivity index (χ0n) is 16.4. The van der Waals surface area contributed by atoms with E-state index in [1.165, 1.54) is 0 Å². The van der Waals surface area contributed by atoms with Crippen molar-refractivity contribution in [3.05, 3.63) is 77.4 Å². The number of aliphatic hydroxyl groups excluding tert-OH is 1. The topological polar surface area (TPSA) is 60.0 Å². The van der Waals surface area contributed by atoms with Gasteiger partial charge in [-0.2, -0.15) is 0 Å². The minimum atomic E-state index is -0.0886. The van der Waals surface area contributed by atoms with Gasteiger partial charge in [0, 0.05) is 23.0 Å². The molecule has 0 spiro atoms. The maximum atomic E-state index is 9.75. The number of ether oxygens (including phenoxy) is 3. The van der Waals surface area contributed by atoms with Gasteiger partial charge in [0.15, 0.2) is 0 Å². The highest BCUT2D eigenvalue weighted by Gasteiger charge is 2.10. The van der Waals surface area contributed by atoms with Crippen molar-refractivity contribution in [2.75, 3.05) is 26.6 Å². The van der Waals surface area contributed by atoms with E-state index in [1.54, 1.807) is 21.3 Å².